The molecule has 0 amide bonds. The Bertz CT molecular complexity index is 462. The van der Waals surface area contributed by atoms with Gasteiger partial charge in [-0.2, -0.15) is 0 Å². The molecular formula is C11H17ClN2O2. The van der Waals surface area contributed by atoms with E-state index in [1.807, 2.05) is 0 Å². The first-order valence-corrected chi connectivity index (χ1v) is 5.97. The number of H-pyrrole nitrogens is 1. The van der Waals surface area contributed by atoms with Crippen LogP contribution >= 0.6 is 11.6 Å². The molecule has 0 spiro atoms. The molecule has 1 N–H and O–H groups in total. The molecule has 1 aromatic rings. The number of rotatable bonds is 5. The minimum atomic E-state index is -0.186. The first-order chi connectivity index (χ1) is 7.57. The van der Waals surface area contributed by atoms with Gasteiger partial charge in [-0.1, -0.05) is 6.42 Å². The van der Waals surface area contributed by atoms with Gasteiger partial charge in [0.25, 0.3) is 11.1 Å². The number of hydrogen-bond donors (Lipinski definition) is 1. The molecule has 0 aliphatic carbocycles. The average molecular weight is 245 g/mol. The topological polar surface area (TPSA) is 54.9 Å². The lowest BCUT2D eigenvalue weighted by Gasteiger charge is -2.07. The van der Waals surface area contributed by atoms with Gasteiger partial charge in [-0.15, -0.1) is 11.6 Å². The molecule has 0 aliphatic rings. The third-order valence-electron chi connectivity index (χ3n) is 2.72. The molecule has 1 aromatic heterocycles. The van der Waals surface area contributed by atoms with Crippen LogP contribution in [0.5, 0.6) is 0 Å². The van der Waals surface area contributed by atoms with E-state index < -0.39 is 0 Å². The summed E-state index contributed by atoms with van der Waals surface area (Å²) in [5.74, 6) is 0.637. The van der Waals surface area contributed by atoms with E-state index in [0.717, 1.165) is 19.3 Å². The van der Waals surface area contributed by atoms with Crippen LogP contribution in [-0.2, 0) is 6.54 Å². The molecule has 0 atom stereocenters. The number of aryl methyl sites for hydroxylation is 1. The second-order valence-electron chi connectivity index (χ2n) is 3.90. The van der Waals surface area contributed by atoms with Crippen molar-refractivity contribution < 1.29 is 0 Å². The average Bonchev–Trinajstić information content (AvgIpc) is 2.28. The lowest BCUT2D eigenvalue weighted by atomic mass is 10.2. The van der Waals surface area contributed by atoms with Crippen molar-refractivity contribution in [3.8, 4) is 0 Å². The molecule has 1 heterocycles. The molecule has 0 saturated carbocycles. The van der Waals surface area contributed by atoms with Crippen molar-refractivity contribution in [2.24, 2.45) is 0 Å². The summed E-state index contributed by atoms with van der Waals surface area (Å²) in [5, 5.41) is 2.58. The number of aromatic nitrogens is 2. The highest BCUT2D eigenvalue weighted by Crippen LogP contribution is 1.99. The molecule has 4 nitrogen and oxygen atoms in total. The molecule has 16 heavy (non-hydrogen) atoms. The maximum absolute atomic E-state index is 11.8. The highest BCUT2D eigenvalue weighted by Gasteiger charge is 2.06. The number of aromatic amines is 1. The Balaban J connectivity index is 2.82. The van der Waals surface area contributed by atoms with E-state index in [4.69, 9.17) is 11.6 Å². The number of unbranched alkanes of at least 4 members (excludes halogenated alkanes) is 2. The zero-order chi connectivity index (χ0) is 12.1. The van der Waals surface area contributed by atoms with Crippen LogP contribution in [0.15, 0.2) is 9.59 Å². The Morgan fingerprint density at radius 1 is 1.12 bits per heavy atom. The number of alkyl halides is 1. The lowest BCUT2D eigenvalue weighted by Crippen LogP contribution is -2.33. The zero-order valence-electron chi connectivity index (χ0n) is 9.68. The molecule has 0 saturated heterocycles. The van der Waals surface area contributed by atoms with Gasteiger partial charge in [-0.05, 0) is 26.7 Å². The van der Waals surface area contributed by atoms with E-state index >= 15 is 0 Å². The Morgan fingerprint density at radius 2 is 1.81 bits per heavy atom. The summed E-state index contributed by atoms with van der Waals surface area (Å²) in [4.78, 5) is 23.2. The first kappa shape index (κ1) is 13.0. The summed E-state index contributed by atoms with van der Waals surface area (Å²) in [6.45, 7) is 3.89. The maximum Gasteiger partial charge on any atom is 0.268 e. The van der Waals surface area contributed by atoms with Gasteiger partial charge in [0, 0.05) is 23.6 Å². The summed E-state index contributed by atoms with van der Waals surface area (Å²) in [6.07, 6.45) is 2.75. The standard InChI is InChI=1S/C11H17ClN2O2/c1-8-9(2)11(16)14(13-10(8)15)7-5-3-4-6-12/h3-7H2,1-2H3,(H,13,15). The van der Waals surface area contributed by atoms with Crippen molar-refractivity contribution in [2.45, 2.75) is 39.7 Å². The molecule has 90 valence electrons. The second-order valence-corrected chi connectivity index (χ2v) is 4.28. The zero-order valence-corrected chi connectivity index (χ0v) is 10.4. The summed E-state index contributed by atoms with van der Waals surface area (Å²) < 4.78 is 1.39. The van der Waals surface area contributed by atoms with Crippen LogP contribution in [0, 0.1) is 13.8 Å². The van der Waals surface area contributed by atoms with Crippen LogP contribution in [0.25, 0.3) is 0 Å². The Kier molecular flexibility index (Phi) is 4.80. The van der Waals surface area contributed by atoms with E-state index in [-0.39, 0.29) is 11.1 Å². The molecule has 0 aromatic carbocycles. The van der Waals surface area contributed by atoms with Crippen LogP contribution in [-0.4, -0.2) is 15.7 Å². The second kappa shape index (κ2) is 5.89. The molecule has 0 unspecified atom stereocenters. The highest BCUT2D eigenvalue weighted by atomic mass is 35.5. The summed E-state index contributed by atoms with van der Waals surface area (Å²) >= 11 is 5.56. The van der Waals surface area contributed by atoms with Gasteiger partial charge in [0.15, 0.2) is 0 Å². The van der Waals surface area contributed by atoms with Gasteiger partial charge in [0.05, 0.1) is 0 Å². The maximum atomic E-state index is 11.8. The predicted octanol–water partition coefficient (Wildman–Crippen LogP) is 1.56. The third-order valence-corrected chi connectivity index (χ3v) is 2.99. The molecule has 5 heteroatoms. The van der Waals surface area contributed by atoms with Gasteiger partial charge in [0.1, 0.15) is 0 Å². The van der Waals surface area contributed by atoms with Crippen LogP contribution in [0.3, 0.4) is 0 Å². The lowest BCUT2D eigenvalue weighted by molar-refractivity contribution is 0.519. The van der Waals surface area contributed by atoms with Gasteiger partial charge < -0.3 is 0 Å². The van der Waals surface area contributed by atoms with E-state index in [2.05, 4.69) is 5.10 Å². The van der Waals surface area contributed by atoms with Crippen molar-refractivity contribution in [3.63, 3.8) is 0 Å². The first-order valence-electron chi connectivity index (χ1n) is 5.44. The Labute approximate surface area is 99.2 Å². The van der Waals surface area contributed by atoms with Gasteiger partial charge in [-0.3, -0.25) is 19.4 Å². The number of nitrogens with one attached hydrogen (secondary N) is 1. The molecule has 0 fully saturated rings. The fourth-order valence-electron chi connectivity index (χ4n) is 1.49. The molecule has 0 aliphatic heterocycles. The molecule has 0 bridgehead atoms. The van der Waals surface area contributed by atoms with E-state index in [0.29, 0.717) is 23.6 Å². The van der Waals surface area contributed by atoms with Crippen LogP contribution in [0.2, 0.25) is 0 Å². The summed E-state index contributed by atoms with van der Waals surface area (Å²) in [7, 11) is 0. The van der Waals surface area contributed by atoms with Crippen molar-refractivity contribution in [2.75, 3.05) is 5.88 Å². The SMILES string of the molecule is Cc1c(C)c(=O)n(CCCCCCl)[nH]c1=O. The van der Waals surface area contributed by atoms with Gasteiger partial charge in [-0.25, -0.2) is 0 Å². The fourth-order valence-corrected chi connectivity index (χ4v) is 1.68. The predicted molar refractivity (Wildman–Crippen MR) is 65.4 cm³/mol. The Hall–Kier alpha value is -1.03. The number of halogens is 1. The summed E-state index contributed by atoms with van der Waals surface area (Å²) in [6, 6.07) is 0. The minimum Gasteiger partial charge on any atom is -0.268 e. The normalized spacial score (nSPS) is 10.7. The smallest absolute Gasteiger partial charge is 0.268 e. The fraction of sp³-hybridized carbons (Fsp3) is 0.636. The molecule has 1 rings (SSSR count). The monoisotopic (exact) mass is 244 g/mol. The summed E-state index contributed by atoms with van der Waals surface area (Å²) in [5.41, 5.74) is 0.737. The van der Waals surface area contributed by atoms with E-state index in [9.17, 15) is 9.59 Å². The van der Waals surface area contributed by atoms with Crippen LogP contribution < -0.4 is 11.1 Å². The Morgan fingerprint density at radius 3 is 2.44 bits per heavy atom. The van der Waals surface area contributed by atoms with Crippen molar-refractivity contribution >= 4 is 11.6 Å². The van der Waals surface area contributed by atoms with E-state index in [1.54, 1.807) is 13.8 Å². The van der Waals surface area contributed by atoms with Crippen molar-refractivity contribution in [1.82, 2.24) is 9.78 Å². The van der Waals surface area contributed by atoms with E-state index in [1.165, 1.54) is 4.68 Å². The van der Waals surface area contributed by atoms with Crippen LogP contribution in [0.1, 0.15) is 30.4 Å². The molecular weight excluding hydrogens is 228 g/mol. The van der Waals surface area contributed by atoms with Crippen molar-refractivity contribution in [1.29, 1.82) is 0 Å². The largest absolute Gasteiger partial charge is 0.268 e. The van der Waals surface area contributed by atoms with Crippen molar-refractivity contribution in [3.05, 3.63) is 31.8 Å². The number of hydrogen-bond acceptors (Lipinski definition) is 2. The highest BCUT2D eigenvalue weighted by molar-refractivity contribution is 6.17. The molecule has 0 radical (unpaired) electrons. The van der Waals surface area contributed by atoms with Gasteiger partial charge >= 0.3 is 0 Å². The third kappa shape index (κ3) is 2.98. The minimum absolute atomic E-state index is 0.108. The van der Waals surface area contributed by atoms with Crippen LogP contribution in [0.4, 0.5) is 0 Å². The van der Waals surface area contributed by atoms with Gasteiger partial charge in [0.2, 0.25) is 0 Å². The quantitative estimate of drug-likeness (QED) is 0.631. The number of nitrogens with zero attached hydrogens (tertiary/aromatic N) is 1.